The van der Waals surface area contributed by atoms with Crippen molar-refractivity contribution in [3.8, 4) is 0 Å². The maximum absolute atomic E-state index is 10.9. The summed E-state index contributed by atoms with van der Waals surface area (Å²) >= 11 is 0. The third-order valence-electron chi connectivity index (χ3n) is 2.66. The van der Waals surface area contributed by atoms with Gasteiger partial charge in [0.2, 0.25) is 0 Å². The molecule has 2 nitrogen and oxygen atoms in total. The molecule has 1 heterocycles. The van der Waals surface area contributed by atoms with E-state index in [1.807, 2.05) is 13.1 Å². The molecule has 0 saturated carbocycles. The summed E-state index contributed by atoms with van der Waals surface area (Å²) in [5, 5.41) is 1.07. The number of hydrogen-bond acceptors (Lipinski definition) is 1. The van der Waals surface area contributed by atoms with Gasteiger partial charge in [0.1, 0.15) is 0 Å². The Labute approximate surface area is 89.5 Å². The predicted octanol–water partition coefficient (Wildman–Crippen LogP) is 3.17. The van der Waals surface area contributed by atoms with Gasteiger partial charge in [0.15, 0.2) is 6.29 Å². The first-order valence-electron chi connectivity index (χ1n) is 5.31. The van der Waals surface area contributed by atoms with Gasteiger partial charge in [-0.25, -0.2) is 0 Å². The van der Waals surface area contributed by atoms with E-state index in [-0.39, 0.29) is 0 Å². The molecule has 0 fully saturated rings. The molecule has 2 heteroatoms. The quantitative estimate of drug-likeness (QED) is 0.699. The first-order chi connectivity index (χ1) is 7.26. The Morgan fingerprint density at radius 1 is 1.40 bits per heavy atom. The molecule has 0 aliphatic heterocycles. The fraction of sp³-hybridized carbons (Fsp3) is 0.308. The number of aromatic nitrogens is 1. The van der Waals surface area contributed by atoms with E-state index in [4.69, 9.17) is 0 Å². The van der Waals surface area contributed by atoms with Gasteiger partial charge in [0, 0.05) is 29.2 Å². The van der Waals surface area contributed by atoms with Crippen molar-refractivity contribution < 1.29 is 4.79 Å². The zero-order chi connectivity index (χ0) is 10.8. The summed E-state index contributed by atoms with van der Waals surface area (Å²) in [5.41, 5.74) is 3.14. The average molecular weight is 201 g/mol. The minimum absolute atomic E-state index is 0.794. The van der Waals surface area contributed by atoms with Crippen molar-refractivity contribution in [2.24, 2.45) is 0 Å². The van der Waals surface area contributed by atoms with E-state index in [0.29, 0.717) is 0 Å². The van der Waals surface area contributed by atoms with Gasteiger partial charge >= 0.3 is 0 Å². The van der Waals surface area contributed by atoms with Crippen molar-refractivity contribution in [2.75, 3.05) is 0 Å². The number of carbonyl (C=O) groups excluding carboxylic acids is 1. The van der Waals surface area contributed by atoms with Gasteiger partial charge in [-0.3, -0.25) is 4.79 Å². The highest BCUT2D eigenvalue weighted by molar-refractivity contribution is 5.97. The molecule has 0 saturated heterocycles. The Balaban J connectivity index is 2.69. The monoisotopic (exact) mass is 201 g/mol. The second kappa shape index (κ2) is 3.89. The molecule has 15 heavy (non-hydrogen) atoms. The number of nitrogens with zero attached hydrogens (tertiary/aromatic N) is 1. The lowest BCUT2D eigenvalue weighted by Gasteiger charge is -2.02. The van der Waals surface area contributed by atoms with E-state index < -0.39 is 0 Å². The molecule has 0 unspecified atom stereocenters. The second-order valence-electron chi connectivity index (χ2n) is 3.92. The highest BCUT2D eigenvalue weighted by Crippen LogP contribution is 2.21. The summed E-state index contributed by atoms with van der Waals surface area (Å²) in [4.78, 5) is 10.9. The van der Waals surface area contributed by atoms with Crippen LogP contribution in [0.5, 0.6) is 0 Å². The summed E-state index contributed by atoms with van der Waals surface area (Å²) in [5.74, 6) is 0. The van der Waals surface area contributed by atoms with E-state index in [0.717, 1.165) is 35.7 Å². The van der Waals surface area contributed by atoms with Crippen molar-refractivity contribution >= 4 is 17.2 Å². The summed E-state index contributed by atoms with van der Waals surface area (Å²) in [6.07, 6.45) is 3.96. The lowest BCUT2D eigenvalue weighted by molar-refractivity contribution is 0.112. The summed E-state index contributed by atoms with van der Waals surface area (Å²) in [6, 6.07) is 6.25. The molecule has 0 bridgehead atoms. The second-order valence-corrected chi connectivity index (χ2v) is 3.92. The number of aldehydes is 1. The summed E-state index contributed by atoms with van der Waals surface area (Å²) in [6.45, 7) is 5.15. The minimum Gasteiger partial charge on any atom is -0.347 e. The van der Waals surface area contributed by atoms with E-state index in [9.17, 15) is 4.79 Å². The van der Waals surface area contributed by atoms with Gasteiger partial charge in [-0.1, -0.05) is 18.6 Å². The highest BCUT2D eigenvalue weighted by atomic mass is 16.1. The van der Waals surface area contributed by atoms with Crippen molar-refractivity contribution in [3.05, 3.63) is 35.5 Å². The van der Waals surface area contributed by atoms with Crippen molar-refractivity contribution in [2.45, 2.75) is 26.8 Å². The predicted molar refractivity (Wildman–Crippen MR) is 62.4 cm³/mol. The molecule has 2 rings (SSSR count). The van der Waals surface area contributed by atoms with Gasteiger partial charge in [0.05, 0.1) is 0 Å². The SMILES string of the molecule is CCCn1cc(C=O)c2cc(C)ccc21. The average Bonchev–Trinajstić information content (AvgIpc) is 2.56. The zero-order valence-corrected chi connectivity index (χ0v) is 9.16. The zero-order valence-electron chi connectivity index (χ0n) is 9.16. The molecule has 0 aliphatic carbocycles. The Kier molecular flexibility index (Phi) is 2.58. The molecular weight excluding hydrogens is 186 g/mol. The van der Waals surface area contributed by atoms with Gasteiger partial charge in [-0.15, -0.1) is 0 Å². The molecule has 1 aromatic carbocycles. The van der Waals surface area contributed by atoms with Crippen LogP contribution < -0.4 is 0 Å². The summed E-state index contributed by atoms with van der Waals surface area (Å²) < 4.78 is 2.15. The lowest BCUT2D eigenvalue weighted by atomic mass is 10.1. The molecule has 0 N–H and O–H groups in total. The topological polar surface area (TPSA) is 22.0 Å². The standard InChI is InChI=1S/C13H15NO/c1-3-6-14-8-11(9-15)12-7-10(2)4-5-13(12)14/h4-5,7-9H,3,6H2,1-2H3. The highest BCUT2D eigenvalue weighted by Gasteiger charge is 2.06. The number of aryl methyl sites for hydroxylation is 2. The molecule has 0 spiro atoms. The van der Waals surface area contributed by atoms with Crippen LogP contribution in [0.25, 0.3) is 10.9 Å². The van der Waals surface area contributed by atoms with Crippen molar-refractivity contribution in [3.63, 3.8) is 0 Å². The fourth-order valence-electron chi connectivity index (χ4n) is 1.96. The lowest BCUT2D eigenvalue weighted by Crippen LogP contribution is -1.93. The number of benzene rings is 1. The normalized spacial score (nSPS) is 10.8. The molecule has 2 aromatic rings. The largest absolute Gasteiger partial charge is 0.347 e. The van der Waals surface area contributed by atoms with Gasteiger partial charge in [-0.05, 0) is 25.5 Å². The maximum Gasteiger partial charge on any atom is 0.152 e. The van der Waals surface area contributed by atoms with Gasteiger partial charge < -0.3 is 4.57 Å². The van der Waals surface area contributed by atoms with Crippen LogP contribution in [0.4, 0.5) is 0 Å². The Hall–Kier alpha value is -1.57. The van der Waals surface area contributed by atoms with Crippen LogP contribution in [0.15, 0.2) is 24.4 Å². The third kappa shape index (κ3) is 1.67. The van der Waals surface area contributed by atoms with Crippen LogP contribution in [0.1, 0.15) is 29.3 Å². The molecule has 0 aliphatic rings. The molecular formula is C13H15NO. The molecule has 0 radical (unpaired) electrons. The van der Waals surface area contributed by atoms with E-state index in [1.165, 1.54) is 5.56 Å². The minimum atomic E-state index is 0.794. The molecule has 78 valence electrons. The van der Waals surface area contributed by atoms with Crippen LogP contribution >= 0.6 is 0 Å². The fourth-order valence-corrected chi connectivity index (χ4v) is 1.96. The number of hydrogen-bond donors (Lipinski definition) is 0. The third-order valence-corrected chi connectivity index (χ3v) is 2.66. The van der Waals surface area contributed by atoms with Crippen molar-refractivity contribution in [1.29, 1.82) is 0 Å². The summed E-state index contributed by atoms with van der Waals surface area (Å²) in [7, 11) is 0. The van der Waals surface area contributed by atoms with Crippen LogP contribution in [-0.4, -0.2) is 10.9 Å². The molecule has 0 amide bonds. The van der Waals surface area contributed by atoms with E-state index >= 15 is 0 Å². The van der Waals surface area contributed by atoms with Gasteiger partial charge in [-0.2, -0.15) is 0 Å². The van der Waals surface area contributed by atoms with Crippen LogP contribution in [-0.2, 0) is 6.54 Å². The van der Waals surface area contributed by atoms with Crippen LogP contribution in [0, 0.1) is 6.92 Å². The van der Waals surface area contributed by atoms with E-state index in [1.54, 1.807) is 0 Å². The molecule has 1 aromatic heterocycles. The first kappa shape index (κ1) is 9.97. The van der Waals surface area contributed by atoms with Crippen LogP contribution in [0.3, 0.4) is 0 Å². The van der Waals surface area contributed by atoms with Crippen LogP contribution in [0.2, 0.25) is 0 Å². The van der Waals surface area contributed by atoms with E-state index in [2.05, 4.69) is 29.7 Å². The maximum atomic E-state index is 10.9. The Morgan fingerprint density at radius 3 is 2.87 bits per heavy atom. The Morgan fingerprint density at radius 2 is 2.20 bits per heavy atom. The number of rotatable bonds is 3. The first-order valence-corrected chi connectivity index (χ1v) is 5.31. The number of carbonyl (C=O) groups is 1. The Bertz CT molecular complexity index is 496. The van der Waals surface area contributed by atoms with Crippen molar-refractivity contribution in [1.82, 2.24) is 4.57 Å². The van der Waals surface area contributed by atoms with Gasteiger partial charge in [0.25, 0.3) is 0 Å². The molecule has 0 atom stereocenters. The smallest absolute Gasteiger partial charge is 0.152 e. The number of fused-ring (bicyclic) bond motifs is 1.